The standard InChI is InChI=1S/C20H18ClF2N5O3/c1-11(19(29)31-2)24-9-27-20(30)28(8-14-15(22)5-12(21)6-16(14)23)13-3-4-17-18(7-13)26-10-25-17/h3-7,9-11H,8H2,1-2H3,(H,25,26)(H,24,27,30). The van der Waals surface area contributed by atoms with Crippen LogP contribution in [-0.4, -0.2) is 41.5 Å². The van der Waals surface area contributed by atoms with Crippen molar-refractivity contribution in [2.45, 2.75) is 19.5 Å². The number of nitrogens with one attached hydrogen (secondary N) is 2. The Morgan fingerprint density at radius 3 is 2.71 bits per heavy atom. The zero-order valence-electron chi connectivity index (χ0n) is 16.5. The normalized spacial score (nSPS) is 12.2. The number of H-pyrrole nitrogens is 1. The van der Waals surface area contributed by atoms with E-state index >= 15 is 0 Å². The number of ether oxygens (including phenoxy) is 1. The Morgan fingerprint density at radius 1 is 1.32 bits per heavy atom. The molecule has 0 aliphatic heterocycles. The van der Waals surface area contributed by atoms with E-state index in [0.29, 0.717) is 16.7 Å². The van der Waals surface area contributed by atoms with E-state index in [2.05, 4.69) is 25.0 Å². The van der Waals surface area contributed by atoms with E-state index in [1.165, 1.54) is 20.4 Å². The minimum atomic E-state index is -0.890. The lowest BCUT2D eigenvalue weighted by Gasteiger charge is -2.23. The SMILES string of the molecule is COC(=O)C(C)N=CNC(=O)N(Cc1c(F)cc(Cl)cc1F)c1ccc2nc[nH]c2c1. The number of methoxy groups -OCH3 is 1. The summed E-state index contributed by atoms with van der Waals surface area (Å²) in [5.74, 6) is -2.37. The number of carbonyl (C=O) groups is 2. The predicted octanol–water partition coefficient (Wildman–Crippen LogP) is 3.80. The molecule has 0 saturated carbocycles. The number of esters is 1. The molecule has 0 aliphatic rings. The molecule has 2 amide bonds. The van der Waals surface area contributed by atoms with Gasteiger partial charge in [0.25, 0.3) is 0 Å². The molecular weight excluding hydrogens is 432 g/mol. The number of amides is 2. The van der Waals surface area contributed by atoms with E-state index in [1.807, 2.05) is 0 Å². The van der Waals surface area contributed by atoms with Gasteiger partial charge in [0.15, 0.2) is 0 Å². The first-order chi connectivity index (χ1) is 14.8. The summed E-state index contributed by atoms with van der Waals surface area (Å²) in [6, 6.07) is 5.22. The van der Waals surface area contributed by atoms with Crippen LogP contribution in [0.3, 0.4) is 0 Å². The van der Waals surface area contributed by atoms with Gasteiger partial charge in [0.2, 0.25) is 0 Å². The molecule has 0 spiro atoms. The number of nitrogens with zero attached hydrogens (tertiary/aromatic N) is 3. The third-order valence-electron chi connectivity index (χ3n) is 4.41. The summed E-state index contributed by atoms with van der Waals surface area (Å²) < 4.78 is 33.3. The molecular formula is C20H18ClF2N5O3. The summed E-state index contributed by atoms with van der Waals surface area (Å²) >= 11 is 5.69. The molecule has 1 heterocycles. The number of aromatic nitrogens is 2. The molecule has 0 aliphatic carbocycles. The first-order valence-corrected chi connectivity index (χ1v) is 9.42. The fourth-order valence-electron chi connectivity index (χ4n) is 2.77. The summed E-state index contributed by atoms with van der Waals surface area (Å²) in [6.45, 7) is 1.05. The van der Waals surface area contributed by atoms with Gasteiger partial charge < -0.3 is 9.72 Å². The van der Waals surface area contributed by atoms with Crippen LogP contribution in [-0.2, 0) is 16.1 Å². The Balaban J connectivity index is 1.91. The van der Waals surface area contributed by atoms with Gasteiger partial charge in [-0.15, -0.1) is 0 Å². The zero-order valence-corrected chi connectivity index (χ0v) is 17.3. The van der Waals surface area contributed by atoms with Crippen molar-refractivity contribution in [3.05, 3.63) is 58.9 Å². The van der Waals surface area contributed by atoms with Crippen LogP contribution in [0.2, 0.25) is 5.02 Å². The molecule has 2 aromatic carbocycles. The molecule has 1 atom stereocenters. The van der Waals surface area contributed by atoms with Gasteiger partial charge in [-0.25, -0.2) is 23.4 Å². The Morgan fingerprint density at radius 2 is 2.03 bits per heavy atom. The third-order valence-corrected chi connectivity index (χ3v) is 4.63. The molecule has 0 bridgehead atoms. The van der Waals surface area contributed by atoms with E-state index < -0.39 is 36.2 Å². The minimum absolute atomic E-state index is 0.0995. The summed E-state index contributed by atoms with van der Waals surface area (Å²) in [4.78, 5) is 36.3. The molecule has 3 rings (SSSR count). The highest BCUT2D eigenvalue weighted by molar-refractivity contribution is 6.30. The van der Waals surface area contributed by atoms with E-state index in [0.717, 1.165) is 23.4 Å². The van der Waals surface area contributed by atoms with E-state index in [4.69, 9.17) is 11.6 Å². The summed E-state index contributed by atoms with van der Waals surface area (Å²) in [5.41, 5.74) is 1.28. The Bertz CT molecular complexity index is 1130. The van der Waals surface area contributed by atoms with Crippen molar-refractivity contribution in [3.8, 4) is 0 Å². The number of urea groups is 1. The number of hydrogen-bond acceptors (Lipinski definition) is 5. The lowest BCUT2D eigenvalue weighted by molar-refractivity contribution is -0.141. The van der Waals surface area contributed by atoms with Gasteiger partial charge >= 0.3 is 12.0 Å². The molecule has 31 heavy (non-hydrogen) atoms. The van der Waals surface area contributed by atoms with Gasteiger partial charge in [0.05, 0.1) is 37.4 Å². The zero-order chi connectivity index (χ0) is 22.5. The highest BCUT2D eigenvalue weighted by Gasteiger charge is 2.21. The topological polar surface area (TPSA) is 99.7 Å². The molecule has 3 aromatic rings. The second-order valence-electron chi connectivity index (χ2n) is 6.46. The number of fused-ring (bicyclic) bond motifs is 1. The molecule has 0 fully saturated rings. The summed E-state index contributed by atoms with van der Waals surface area (Å²) in [6.07, 6.45) is 2.51. The maximum atomic E-state index is 14.4. The molecule has 1 unspecified atom stereocenters. The van der Waals surface area contributed by atoms with Gasteiger partial charge in [-0.1, -0.05) is 11.6 Å². The van der Waals surface area contributed by atoms with Crippen LogP contribution in [0.1, 0.15) is 12.5 Å². The number of carbonyl (C=O) groups excluding carboxylic acids is 2. The van der Waals surface area contributed by atoms with Crippen LogP contribution in [0.5, 0.6) is 0 Å². The van der Waals surface area contributed by atoms with Gasteiger partial charge in [0, 0.05) is 16.3 Å². The second-order valence-corrected chi connectivity index (χ2v) is 6.90. The molecule has 0 saturated heterocycles. The Hall–Kier alpha value is -3.53. The van der Waals surface area contributed by atoms with Crippen LogP contribution < -0.4 is 10.2 Å². The number of anilines is 1. The first-order valence-electron chi connectivity index (χ1n) is 9.04. The number of rotatable bonds is 6. The van der Waals surface area contributed by atoms with Crippen LogP contribution in [0.4, 0.5) is 19.3 Å². The molecule has 1 aromatic heterocycles. The number of benzene rings is 2. The minimum Gasteiger partial charge on any atom is -0.467 e. The summed E-state index contributed by atoms with van der Waals surface area (Å²) in [5, 5.41) is 2.29. The fraction of sp³-hybridized carbons (Fsp3) is 0.200. The largest absolute Gasteiger partial charge is 0.467 e. The van der Waals surface area contributed by atoms with E-state index in [1.54, 1.807) is 18.2 Å². The average molecular weight is 450 g/mol. The maximum absolute atomic E-state index is 14.4. The lowest BCUT2D eigenvalue weighted by atomic mass is 10.1. The third kappa shape index (κ3) is 5.15. The number of aromatic amines is 1. The van der Waals surface area contributed by atoms with Crippen LogP contribution in [0, 0.1) is 11.6 Å². The van der Waals surface area contributed by atoms with E-state index in [-0.39, 0.29) is 10.6 Å². The van der Waals surface area contributed by atoms with Crippen molar-refractivity contribution in [1.29, 1.82) is 0 Å². The lowest BCUT2D eigenvalue weighted by Crippen LogP contribution is -2.39. The average Bonchev–Trinajstić information content (AvgIpc) is 3.20. The quantitative estimate of drug-likeness (QED) is 0.339. The van der Waals surface area contributed by atoms with Crippen LogP contribution in [0.15, 0.2) is 41.7 Å². The molecule has 0 radical (unpaired) electrons. The predicted molar refractivity (Wildman–Crippen MR) is 112 cm³/mol. The number of hydrogen-bond donors (Lipinski definition) is 2. The van der Waals surface area contributed by atoms with Crippen LogP contribution >= 0.6 is 11.6 Å². The van der Waals surface area contributed by atoms with Crippen molar-refractivity contribution >= 4 is 46.7 Å². The van der Waals surface area contributed by atoms with Gasteiger partial charge in [-0.2, -0.15) is 0 Å². The maximum Gasteiger partial charge on any atom is 0.330 e. The highest BCUT2D eigenvalue weighted by atomic mass is 35.5. The Labute approximate surface area is 180 Å². The molecule has 162 valence electrons. The number of aliphatic imine (C=N–C) groups is 1. The van der Waals surface area contributed by atoms with Crippen molar-refractivity contribution in [3.63, 3.8) is 0 Å². The second kappa shape index (κ2) is 9.52. The molecule has 2 N–H and O–H groups in total. The monoisotopic (exact) mass is 449 g/mol. The smallest absolute Gasteiger partial charge is 0.330 e. The van der Waals surface area contributed by atoms with Crippen LogP contribution in [0.25, 0.3) is 11.0 Å². The molecule has 8 nitrogen and oxygen atoms in total. The Kier molecular flexibility index (Phi) is 6.81. The van der Waals surface area contributed by atoms with Crippen molar-refractivity contribution in [2.24, 2.45) is 4.99 Å². The van der Waals surface area contributed by atoms with Gasteiger partial charge in [-0.05, 0) is 37.3 Å². The number of halogens is 3. The number of imidazole rings is 1. The van der Waals surface area contributed by atoms with Crippen molar-refractivity contribution in [1.82, 2.24) is 15.3 Å². The fourth-order valence-corrected chi connectivity index (χ4v) is 2.96. The van der Waals surface area contributed by atoms with E-state index in [9.17, 15) is 18.4 Å². The van der Waals surface area contributed by atoms with Gasteiger partial charge in [-0.3, -0.25) is 15.2 Å². The first kappa shape index (κ1) is 22.2. The van der Waals surface area contributed by atoms with Crippen molar-refractivity contribution < 1.29 is 23.1 Å². The molecule has 11 heteroatoms. The summed E-state index contributed by atoms with van der Waals surface area (Å²) in [7, 11) is 1.22. The van der Waals surface area contributed by atoms with Gasteiger partial charge in [0.1, 0.15) is 17.7 Å². The highest BCUT2D eigenvalue weighted by Crippen LogP contribution is 2.25. The van der Waals surface area contributed by atoms with Crippen molar-refractivity contribution in [2.75, 3.05) is 12.0 Å².